The van der Waals surface area contributed by atoms with Gasteiger partial charge in [0.2, 0.25) is 11.8 Å². The van der Waals surface area contributed by atoms with Gasteiger partial charge < -0.3 is 25.0 Å². The first-order valence-electron chi connectivity index (χ1n) is 13.6. The molecule has 1 heterocycles. The average Bonchev–Trinajstić information content (AvgIpc) is 2.94. The molecule has 0 aliphatic carbocycles. The number of hydrogen-bond acceptors (Lipinski definition) is 6. The van der Waals surface area contributed by atoms with Gasteiger partial charge in [-0.15, -0.1) is 0 Å². The molecule has 3 N–H and O–H groups in total. The van der Waals surface area contributed by atoms with Crippen LogP contribution >= 0.6 is 11.6 Å². The van der Waals surface area contributed by atoms with E-state index in [9.17, 15) is 36.7 Å². The van der Waals surface area contributed by atoms with Crippen LogP contribution in [0.25, 0.3) is 0 Å². The van der Waals surface area contributed by atoms with Crippen molar-refractivity contribution in [1.82, 2.24) is 15.5 Å². The number of carbonyl (C=O) groups is 4. The number of rotatable bonds is 8. The lowest BCUT2D eigenvalue weighted by Crippen LogP contribution is -2.54. The number of halogens is 5. The van der Waals surface area contributed by atoms with Crippen LogP contribution in [0.4, 0.5) is 32.8 Å². The fourth-order valence-corrected chi connectivity index (χ4v) is 4.54. The number of carbonyl (C=O) groups excluding carboxylic acids is 4. The van der Waals surface area contributed by atoms with Gasteiger partial charge in [-0.25, -0.2) is 14.0 Å². The van der Waals surface area contributed by atoms with E-state index in [-0.39, 0.29) is 55.3 Å². The Bertz CT molecular complexity index is 1360. The molecule has 0 aromatic heterocycles. The van der Waals surface area contributed by atoms with Crippen molar-refractivity contribution in [2.75, 3.05) is 31.6 Å². The molecular weight excluding hydrogens is 612 g/mol. The van der Waals surface area contributed by atoms with Gasteiger partial charge in [0.15, 0.2) is 0 Å². The maximum atomic E-state index is 14.4. The Morgan fingerprint density at radius 1 is 0.955 bits per heavy atom. The summed E-state index contributed by atoms with van der Waals surface area (Å²) in [6, 6.07) is 8.03. The average molecular weight is 645 g/mol. The third-order valence-corrected chi connectivity index (χ3v) is 7.04. The van der Waals surface area contributed by atoms with Crippen LogP contribution in [0, 0.1) is 11.2 Å². The zero-order valence-electron chi connectivity index (χ0n) is 24.3. The molecule has 1 aliphatic heterocycles. The minimum atomic E-state index is -4.55. The first-order valence-corrected chi connectivity index (χ1v) is 13.9. The molecule has 1 fully saturated rings. The summed E-state index contributed by atoms with van der Waals surface area (Å²) in [6.45, 7) is 4.17. The number of amides is 4. The summed E-state index contributed by atoms with van der Waals surface area (Å²) in [5, 5.41) is 7.22. The molecule has 0 unspecified atom stereocenters. The van der Waals surface area contributed by atoms with E-state index in [1.54, 1.807) is 20.8 Å². The molecular formula is C29H33ClF4N4O6. The van der Waals surface area contributed by atoms with Crippen LogP contribution in [0.3, 0.4) is 0 Å². The third kappa shape index (κ3) is 9.73. The summed E-state index contributed by atoms with van der Waals surface area (Å²) in [5.41, 5.74) is -2.82. The number of alkyl halides is 3. The fourth-order valence-electron chi connectivity index (χ4n) is 4.34. The zero-order valence-corrected chi connectivity index (χ0v) is 25.0. The summed E-state index contributed by atoms with van der Waals surface area (Å²) in [4.78, 5) is 52.0. The predicted molar refractivity (Wildman–Crippen MR) is 152 cm³/mol. The Balaban J connectivity index is 1.66. The van der Waals surface area contributed by atoms with E-state index < -0.39 is 59.2 Å². The van der Waals surface area contributed by atoms with Crippen LogP contribution in [-0.2, 0) is 31.8 Å². The Morgan fingerprint density at radius 3 is 2.18 bits per heavy atom. The van der Waals surface area contributed by atoms with Crippen LogP contribution in [0.1, 0.15) is 44.7 Å². The number of hydrogen-bond donors (Lipinski definition) is 3. The number of anilines is 1. The molecule has 0 atom stereocenters. The molecule has 15 heteroatoms. The minimum absolute atomic E-state index is 0.0378. The normalized spacial score (nSPS) is 14.8. The Labute approximate surface area is 256 Å². The standard InChI is InChI=1S/C29H33ClF4N4O6/c1-27(2,3)44-25(41)36-16-22(39)38-13-11-28(12-14-38,24(40)35-15-18-5-4-6-21(30)23(18)31)17-43-26(42)37-20-9-7-19(8-10-20)29(32,33)34/h4-10H,11-17H2,1-3H3,(H,35,40)(H,36,41)(H,37,42). The number of alkyl carbamates (subject to hydrolysis) is 1. The number of nitrogens with one attached hydrogen (secondary N) is 3. The highest BCUT2D eigenvalue weighted by atomic mass is 35.5. The summed E-state index contributed by atoms with van der Waals surface area (Å²) >= 11 is 5.83. The molecule has 0 radical (unpaired) electrons. The van der Waals surface area contributed by atoms with Gasteiger partial charge in [0.25, 0.3) is 0 Å². The molecule has 10 nitrogen and oxygen atoms in total. The highest BCUT2D eigenvalue weighted by molar-refractivity contribution is 6.30. The number of likely N-dealkylation sites (tertiary alicyclic amines) is 1. The second kappa shape index (κ2) is 14.1. The lowest BCUT2D eigenvalue weighted by atomic mass is 9.78. The van der Waals surface area contributed by atoms with Gasteiger partial charge in [-0.05, 0) is 63.9 Å². The van der Waals surface area contributed by atoms with E-state index in [1.807, 2.05) is 0 Å². The molecule has 240 valence electrons. The predicted octanol–water partition coefficient (Wildman–Crippen LogP) is 5.50. The second-order valence-electron chi connectivity index (χ2n) is 11.2. The van der Waals surface area contributed by atoms with Crippen molar-refractivity contribution in [2.24, 2.45) is 5.41 Å². The monoisotopic (exact) mass is 644 g/mol. The van der Waals surface area contributed by atoms with Gasteiger partial charge in [0.05, 0.1) is 16.0 Å². The molecule has 1 saturated heterocycles. The van der Waals surface area contributed by atoms with Gasteiger partial charge in [0.1, 0.15) is 24.6 Å². The van der Waals surface area contributed by atoms with Crippen molar-refractivity contribution in [2.45, 2.75) is 51.9 Å². The summed E-state index contributed by atoms with van der Waals surface area (Å²) in [7, 11) is 0. The van der Waals surface area contributed by atoms with Crippen LogP contribution in [0.2, 0.25) is 5.02 Å². The SMILES string of the molecule is CC(C)(C)OC(=O)NCC(=O)N1CCC(COC(=O)Nc2ccc(C(F)(F)F)cc2)(C(=O)NCc2cccc(Cl)c2F)CC1. The number of benzene rings is 2. The van der Waals surface area contributed by atoms with Crippen molar-refractivity contribution >= 4 is 41.3 Å². The summed E-state index contributed by atoms with van der Waals surface area (Å²) in [5.74, 6) is -1.70. The first-order chi connectivity index (χ1) is 20.5. The van der Waals surface area contributed by atoms with Gasteiger partial charge in [-0.1, -0.05) is 23.7 Å². The largest absolute Gasteiger partial charge is 0.448 e. The van der Waals surface area contributed by atoms with E-state index >= 15 is 0 Å². The molecule has 2 aromatic rings. The topological polar surface area (TPSA) is 126 Å². The van der Waals surface area contributed by atoms with E-state index in [2.05, 4.69) is 16.0 Å². The maximum Gasteiger partial charge on any atom is 0.416 e. The number of nitrogens with zero attached hydrogens (tertiary/aromatic N) is 1. The van der Waals surface area contributed by atoms with E-state index in [4.69, 9.17) is 21.1 Å². The number of piperidine rings is 1. The molecule has 1 aliphatic rings. The Morgan fingerprint density at radius 2 is 1.59 bits per heavy atom. The molecule has 0 saturated carbocycles. The van der Waals surface area contributed by atoms with Gasteiger partial charge in [-0.2, -0.15) is 13.2 Å². The number of ether oxygens (including phenoxy) is 2. The van der Waals surface area contributed by atoms with Gasteiger partial charge in [0, 0.05) is 30.9 Å². The van der Waals surface area contributed by atoms with E-state index in [0.717, 1.165) is 24.3 Å². The lowest BCUT2D eigenvalue weighted by molar-refractivity contribution is -0.142. The van der Waals surface area contributed by atoms with Crippen LogP contribution in [0.15, 0.2) is 42.5 Å². The van der Waals surface area contributed by atoms with E-state index in [0.29, 0.717) is 0 Å². The van der Waals surface area contributed by atoms with Crippen molar-refractivity contribution in [3.05, 3.63) is 64.4 Å². The van der Waals surface area contributed by atoms with Gasteiger partial charge >= 0.3 is 18.4 Å². The smallest absolute Gasteiger partial charge is 0.416 e. The second-order valence-corrected chi connectivity index (χ2v) is 11.6. The third-order valence-electron chi connectivity index (χ3n) is 6.75. The van der Waals surface area contributed by atoms with Crippen molar-refractivity contribution in [3.63, 3.8) is 0 Å². The molecule has 44 heavy (non-hydrogen) atoms. The highest BCUT2D eigenvalue weighted by Crippen LogP contribution is 2.33. The molecule has 3 rings (SSSR count). The van der Waals surface area contributed by atoms with Crippen molar-refractivity contribution in [3.8, 4) is 0 Å². The molecule has 0 bridgehead atoms. The maximum absolute atomic E-state index is 14.4. The van der Waals surface area contributed by atoms with Gasteiger partial charge in [-0.3, -0.25) is 14.9 Å². The Kier molecular flexibility index (Phi) is 11.1. The van der Waals surface area contributed by atoms with Crippen LogP contribution in [0.5, 0.6) is 0 Å². The summed E-state index contributed by atoms with van der Waals surface area (Å²) < 4.78 is 63.3. The van der Waals surface area contributed by atoms with E-state index in [1.165, 1.54) is 23.1 Å². The highest BCUT2D eigenvalue weighted by Gasteiger charge is 2.43. The molecule has 4 amide bonds. The van der Waals surface area contributed by atoms with Crippen molar-refractivity contribution in [1.29, 1.82) is 0 Å². The van der Waals surface area contributed by atoms with Crippen LogP contribution in [-0.4, -0.2) is 60.7 Å². The zero-order chi connectivity index (χ0) is 32.7. The molecule has 2 aromatic carbocycles. The quantitative estimate of drug-likeness (QED) is 0.326. The van der Waals surface area contributed by atoms with Crippen LogP contribution < -0.4 is 16.0 Å². The fraction of sp³-hybridized carbons (Fsp3) is 0.448. The lowest BCUT2D eigenvalue weighted by Gasteiger charge is -2.40. The van der Waals surface area contributed by atoms with Crippen molar-refractivity contribution < 1.29 is 46.2 Å². The first kappa shape index (κ1) is 34.4. The summed E-state index contributed by atoms with van der Waals surface area (Å²) in [6.07, 6.45) is -6.24. The minimum Gasteiger partial charge on any atom is -0.448 e. The Hall–Kier alpha value is -4.07. The molecule has 0 spiro atoms.